The third kappa shape index (κ3) is 4.46. The fourth-order valence-electron chi connectivity index (χ4n) is 1.51. The van der Waals surface area contributed by atoms with Crippen LogP contribution in [0.2, 0.25) is 0 Å². The molecule has 0 bridgehead atoms. The van der Waals surface area contributed by atoms with E-state index in [1.54, 1.807) is 0 Å². The van der Waals surface area contributed by atoms with Crippen LogP contribution in [-0.2, 0) is 9.53 Å². The smallest absolute Gasteiger partial charge is 0.460 e. The Morgan fingerprint density at radius 3 is 1.93 bits per heavy atom. The molecule has 6 nitrogen and oxygen atoms in total. The summed E-state index contributed by atoms with van der Waals surface area (Å²) >= 11 is 0. The lowest BCUT2D eigenvalue weighted by Gasteiger charge is -2.27. The second-order valence-electron chi connectivity index (χ2n) is 4.73. The van der Waals surface area contributed by atoms with Gasteiger partial charge in [0, 0.05) is 0 Å². The first-order valence-corrected chi connectivity index (χ1v) is 6.69. The van der Waals surface area contributed by atoms with Gasteiger partial charge in [-0.25, -0.2) is 4.79 Å². The molecule has 0 aliphatic rings. The Hall–Kier alpha value is -2.86. The van der Waals surface area contributed by atoms with Crippen LogP contribution in [0, 0.1) is 0 Å². The molecule has 0 radical (unpaired) electrons. The Labute approximate surface area is 146 Å². The molecule has 0 fully saturated rings. The zero-order valence-electron chi connectivity index (χ0n) is 13.5. The zero-order chi connectivity index (χ0) is 21.0. The van der Waals surface area contributed by atoms with E-state index in [0.29, 0.717) is 12.9 Å². The number of allylic oxidation sites excluding steroid dienone is 1. The van der Waals surface area contributed by atoms with Crippen LogP contribution in [-0.4, -0.2) is 43.3 Å². The van der Waals surface area contributed by atoms with E-state index in [1.165, 1.54) is 31.4 Å². The minimum absolute atomic E-state index is 0.129. The number of halogens is 7. The van der Waals surface area contributed by atoms with Crippen molar-refractivity contribution in [2.75, 3.05) is 14.2 Å². The third-order valence-corrected chi connectivity index (χ3v) is 2.99. The van der Waals surface area contributed by atoms with E-state index in [0.717, 1.165) is 0 Å². The van der Waals surface area contributed by atoms with E-state index in [1.807, 2.05) is 0 Å². The van der Waals surface area contributed by atoms with Gasteiger partial charge in [0.2, 0.25) is 11.5 Å². The average molecular weight is 404 g/mol. The van der Waals surface area contributed by atoms with Gasteiger partial charge in [0.1, 0.15) is 5.75 Å². The lowest BCUT2D eigenvalue weighted by Crippen LogP contribution is -2.53. The molecule has 0 aromatic heterocycles. The molecule has 27 heavy (non-hydrogen) atoms. The summed E-state index contributed by atoms with van der Waals surface area (Å²) in [5, 5.41) is 15.3. The molecule has 0 aliphatic heterocycles. The van der Waals surface area contributed by atoms with Crippen LogP contribution in [0.25, 0.3) is 0 Å². The quantitative estimate of drug-likeness (QED) is 0.248. The van der Waals surface area contributed by atoms with Gasteiger partial charge in [0.05, 0.1) is 19.9 Å². The summed E-state index contributed by atoms with van der Waals surface area (Å²) in [4.78, 5) is 11.4. The van der Waals surface area contributed by atoms with Crippen LogP contribution in [0.15, 0.2) is 46.0 Å². The molecule has 150 valence electrons. The van der Waals surface area contributed by atoms with Crippen molar-refractivity contribution in [3.63, 3.8) is 0 Å². The second kappa shape index (κ2) is 7.80. The van der Waals surface area contributed by atoms with E-state index in [4.69, 9.17) is 4.74 Å². The number of alkyl halides is 7. The highest BCUT2D eigenvalue weighted by atomic mass is 19.4. The molecule has 0 saturated carbocycles. The van der Waals surface area contributed by atoms with Crippen molar-refractivity contribution in [1.29, 1.82) is 0 Å². The molecule has 1 N–H and O–H groups in total. The topological polar surface area (TPSA) is 80.5 Å². The Balaban J connectivity index is 3.42. The van der Waals surface area contributed by atoms with E-state index in [9.17, 15) is 40.6 Å². The molecule has 0 heterocycles. The standard InChI is InChI=1S/C14H11F7N2O4/c1-26-8-5-3-7(4-6-8)22-23-9(11(25)27-2)10(24)12(15,16)13(17,18)14(19,20)21/h3-6,24H,1-2H3/b10-9+,23-22?. The molecule has 0 aliphatic carbocycles. The molecule has 1 aromatic rings. The number of rotatable bonds is 6. The van der Waals surface area contributed by atoms with Crippen molar-refractivity contribution >= 4 is 11.7 Å². The fraction of sp³-hybridized carbons (Fsp3) is 0.357. The van der Waals surface area contributed by atoms with Crippen LogP contribution >= 0.6 is 0 Å². The van der Waals surface area contributed by atoms with E-state index in [2.05, 4.69) is 15.0 Å². The van der Waals surface area contributed by atoms with Crippen LogP contribution in [0.5, 0.6) is 5.75 Å². The molecule has 13 heteroatoms. The van der Waals surface area contributed by atoms with Crippen LogP contribution in [0.3, 0.4) is 0 Å². The molecule has 0 saturated heterocycles. The van der Waals surface area contributed by atoms with Crippen molar-refractivity contribution in [2.45, 2.75) is 18.0 Å². The number of benzene rings is 1. The molecular weight excluding hydrogens is 393 g/mol. The number of carbonyl (C=O) groups excluding carboxylic acids is 1. The van der Waals surface area contributed by atoms with Gasteiger partial charge < -0.3 is 14.6 Å². The number of hydrogen-bond acceptors (Lipinski definition) is 6. The maximum Gasteiger partial charge on any atom is 0.460 e. The summed E-state index contributed by atoms with van der Waals surface area (Å²) in [6.45, 7) is 0. The van der Waals surface area contributed by atoms with Crippen molar-refractivity contribution < 1.29 is 50.1 Å². The summed E-state index contributed by atoms with van der Waals surface area (Å²) in [5.74, 6) is -17.4. The van der Waals surface area contributed by atoms with Gasteiger partial charge in [-0.2, -0.15) is 35.8 Å². The van der Waals surface area contributed by atoms with E-state index >= 15 is 0 Å². The Kier molecular flexibility index (Phi) is 6.41. The first kappa shape index (κ1) is 22.2. The number of aliphatic hydroxyl groups is 1. The maximum absolute atomic E-state index is 13.6. The maximum atomic E-state index is 13.6. The molecule has 0 unspecified atom stereocenters. The second-order valence-corrected chi connectivity index (χ2v) is 4.73. The summed E-state index contributed by atoms with van der Waals surface area (Å²) in [7, 11) is 1.92. The minimum Gasteiger partial charge on any atom is -0.504 e. The van der Waals surface area contributed by atoms with E-state index in [-0.39, 0.29) is 5.69 Å². The molecular formula is C14H11F7N2O4. The van der Waals surface area contributed by atoms with Crippen molar-refractivity contribution in [1.82, 2.24) is 0 Å². The summed E-state index contributed by atoms with van der Waals surface area (Å²) in [6.07, 6.45) is -6.72. The monoisotopic (exact) mass is 404 g/mol. The molecule has 1 aromatic carbocycles. The van der Waals surface area contributed by atoms with Gasteiger partial charge >= 0.3 is 24.0 Å². The van der Waals surface area contributed by atoms with E-state index < -0.39 is 35.4 Å². The summed E-state index contributed by atoms with van der Waals surface area (Å²) in [6, 6.07) is 5.03. The molecule has 0 amide bonds. The van der Waals surface area contributed by atoms with Crippen molar-refractivity contribution in [3.05, 3.63) is 35.7 Å². The largest absolute Gasteiger partial charge is 0.504 e. The van der Waals surface area contributed by atoms with Crippen LogP contribution in [0.4, 0.5) is 36.4 Å². The van der Waals surface area contributed by atoms with Gasteiger partial charge in [0.25, 0.3) is 0 Å². The van der Waals surface area contributed by atoms with Gasteiger partial charge in [-0.1, -0.05) is 0 Å². The first-order valence-electron chi connectivity index (χ1n) is 6.69. The number of methoxy groups -OCH3 is 2. The number of carbonyl (C=O) groups is 1. The predicted octanol–water partition coefficient (Wildman–Crippen LogP) is 4.55. The third-order valence-electron chi connectivity index (χ3n) is 2.99. The van der Waals surface area contributed by atoms with Crippen LogP contribution < -0.4 is 4.74 Å². The summed E-state index contributed by atoms with van der Waals surface area (Å²) < 4.78 is 98.6. The molecule has 0 spiro atoms. The fourth-order valence-corrected chi connectivity index (χ4v) is 1.51. The number of ether oxygens (including phenoxy) is 2. The Bertz CT molecular complexity index is 743. The number of nitrogens with zero attached hydrogens (tertiary/aromatic N) is 2. The van der Waals surface area contributed by atoms with Gasteiger partial charge in [-0.15, -0.1) is 5.11 Å². The Morgan fingerprint density at radius 2 is 1.52 bits per heavy atom. The highest BCUT2D eigenvalue weighted by Gasteiger charge is 2.75. The van der Waals surface area contributed by atoms with Gasteiger partial charge in [-0.05, 0) is 24.3 Å². The number of hydrogen-bond donors (Lipinski definition) is 1. The predicted molar refractivity (Wildman–Crippen MR) is 75.1 cm³/mol. The minimum atomic E-state index is -6.72. The van der Waals surface area contributed by atoms with Crippen molar-refractivity contribution in [2.24, 2.45) is 10.2 Å². The lowest BCUT2D eigenvalue weighted by atomic mass is 10.1. The van der Waals surface area contributed by atoms with Crippen LogP contribution in [0.1, 0.15) is 0 Å². The highest BCUT2D eigenvalue weighted by Crippen LogP contribution is 2.49. The molecule has 1 rings (SSSR count). The summed E-state index contributed by atoms with van der Waals surface area (Å²) in [5.41, 5.74) is -2.06. The number of azo groups is 1. The van der Waals surface area contributed by atoms with Gasteiger partial charge in [0.15, 0.2) is 0 Å². The van der Waals surface area contributed by atoms with Crippen molar-refractivity contribution in [3.8, 4) is 5.75 Å². The number of aliphatic hydroxyl groups excluding tert-OH is 1. The zero-order valence-corrected chi connectivity index (χ0v) is 13.5. The lowest BCUT2D eigenvalue weighted by molar-refractivity contribution is -0.349. The first-order chi connectivity index (χ1) is 12.3. The SMILES string of the molecule is COC(=O)/C(N=Nc1ccc(OC)cc1)=C(\O)C(F)(F)C(F)(F)C(F)(F)F. The van der Waals surface area contributed by atoms with Gasteiger partial charge in [-0.3, -0.25) is 0 Å². The normalized spacial score (nSPS) is 14.1. The molecule has 0 atom stereocenters. The highest BCUT2D eigenvalue weighted by molar-refractivity contribution is 5.88. The average Bonchev–Trinajstić information content (AvgIpc) is 2.60. The Morgan fingerprint density at radius 1 is 1.00 bits per heavy atom. The number of esters is 1.